The van der Waals surface area contributed by atoms with Crippen LogP contribution < -0.4 is 4.90 Å². The lowest BCUT2D eigenvalue weighted by Gasteiger charge is -2.42. The highest BCUT2D eigenvalue weighted by Gasteiger charge is 2.41. The Bertz CT molecular complexity index is 3240. The van der Waals surface area contributed by atoms with Gasteiger partial charge in [0.25, 0.3) is 0 Å². The van der Waals surface area contributed by atoms with Gasteiger partial charge in [-0.05, 0) is 124 Å². The summed E-state index contributed by atoms with van der Waals surface area (Å²) >= 11 is 0. The fourth-order valence-electron chi connectivity index (χ4n) is 10.6. The van der Waals surface area contributed by atoms with E-state index in [1.165, 1.54) is 94.5 Å². The van der Waals surface area contributed by atoms with Crippen LogP contribution in [-0.4, -0.2) is 14.1 Å². The molecular weight excluding hydrogens is 753 g/mol. The van der Waals surface area contributed by atoms with E-state index in [2.05, 4.69) is 224 Å². The molecule has 4 heteroatoms. The molecule has 7 aromatic carbocycles. The van der Waals surface area contributed by atoms with Crippen LogP contribution in [0.15, 0.2) is 133 Å². The number of rotatable bonds is 3. The number of hydrogen-bond acceptors (Lipinski definition) is 2. The van der Waals surface area contributed by atoms with E-state index in [0.29, 0.717) is 0 Å². The number of imidazole rings is 1. The second-order valence-corrected chi connectivity index (χ2v) is 21.1. The Kier molecular flexibility index (Phi) is 8.12. The highest BCUT2D eigenvalue weighted by Crippen LogP contribution is 2.58. The maximum absolute atomic E-state index is 5.68. The zero-order chi connectivity index (χ0) is 43.2. The first-order chi connectivity index (χ1) is 29.5. The smallest absolute Gasteiger partial charge is 0.146 e. The summed E-state index contributed by atoms with van der Waals surface area (Å²) in [6.45, 7) is 25.3. The molecule has 11 rings (SSSR count). The fraction of sp³-hybridized carbons (Fsp3) is 0.259. The molecule has 0 saturated heterocycles. The maximum Gasteiger partial charge on any atom is 0.146 e. The summed E-state index contributed by atoms with van der Waals surface area (Å²) in [5.74, 6) is 1.02. The van der Waals surface area contributed by atoms with Gasteiger partial charge in [0.15, 0.2) is 0 Å². The zero-order valence-corrected chi connectivity index (χ0v) is 38.1. The minimum Gasteiger partial charge on any atom is -0.310 e. The maximum atomic E-state index is 5.68. The van der Waals surface area contributed by atoms with Crippen molar-refractivity contribution in [3.8, 4) is 22.8 Å². The Labute approximate surface area is 366 Å². The molecule has 2 aromatic heterocycles. The van der Waals surface area contributed by atoms with Crippen molar-refractivity contribution in [1.29, 1.82) is 0 Å². The molecule has 308 valence electrons. The van der Waals surface area contributed by atoms with Crippen molar-refractivity contribution < 1.29 is 0 Å². The molecule has 0 N–H and O–H groups in total. The summed E-state index contributed by atoms with van der Waals surface area (Å²) in [4.78, 5) is 8.21. The van der Waals surface area contributed by atoms with Crippen LogP contribution in [0.4, 0.5) is 17.1 Å². The Morgan fingerprint density at radius 2 is 1.03 bits per heavy atom. The van der Waals surface area contributed by atoms with Gasteiger partial charge in [-0.3, -0.25) is 4.57 Å². The number of aryl methyl sites for hydroxylation is 2. The van der Waals surface area contributed by atoms with Gasteiger partial charge in [-0.2, -0.15) is 0 Å². The summed E-state index contributed by atoms with van der Waals surface area (Å²) in [6, 6.07) is 50.8. The lowest BCUT2D eigenvalue weighted by molar-refractivity contribution is 0.589. The Morgan fingerprint density at radius 1 is 0.468 bits per heavy atom. The Balaban J connectivity index is 1.24. The quantitative estimate of drug-likeness (QED) is 0.178. The zero-order valence-electron chi connectivity index (χ0n) is 38.1. The summed E-state index contributed by atoms with van der Waals surface area (Å²) < 4.78 is 4.96. The largest absolute Gasteiger partial charge is 0.310 e. The topological polar surface area (TPSA) is 26.0 Å². The molecule has 2 aliphatic rings. The van der Waals surface area contributed by atoms with E-state index in [1.54, 1.807) is 0 Å². The number of fused-ring (bicyclic) bond motifs is 7. The van der Waals surface area contributed by atoms with Crippen LogP contribution in [0.1, 0.15) is 113 Å². The van der Waals surface area contributed by atoms with Gasteiger partial charge in [-0.25, -0.2) is 4.98 Å². The second-order valence-electron chi connectivity index (χ2n) is 21.1. The van der Waals surface area contributed by atoms with E-state index in [-0.39, 0.29) is 22.2 Å². The van der Waals surface area contributed by atoms with E-state index < -0.39 is 0 Å². The molecule has 0 saturated carbocycles. The minimum atomic E-state index is -0.0760. The van der Waals surface area contributed by atoms with E-state index >= 15 is 0 Å². The molecular formula is C58H56N4. The van der Waals surface area contributed by atoms with Crippen molar-refractivity contribution >= 4 is 49.9 Å². The number of hydrogen-bond donors (Lipinski definition) is 0. The van der Waals surface area contributed by atoms with Crippen molar-refractivity contribution in [3.63, 3.8) is 0 Å². The van der Waals surface area contributed by atoms with Crippen LogP contribution in [0.2, 0.25) is 0 Å². The number of aromatic nitrogens is 3. The Hall–Kier alpha value is -6.39. The third-order valence-electron chi connectivity index (χ3n) is 13.8. The first-order valence-corrected chi connectivity index (χ1v) is 22.3. The molecule has 4 heterocycles. The van der Waals surface area contributed by atoms with E-state index in [4.69, 9.17) is 4.98 Å². The SMILES string of the molecule is Cc1cc(C(C)(C)C)cc(C)c1-c1nc2cc(C(C)(C)C)cc3c2n1-c1cccc2c1C3c1ccc(-n3c4ccccc4c4ccccc43)cc1N2c1ccc(C(C)(C)C)cc1. The summed E-state index contributed by atoms with van der Waals surface area (Å²) in [7, 11) is 0. The van der Waals surface area contributed by atoms with Crippen LogP contribution in [0.25, 0.3) is 55.6 Å². The van der Waals surface area contributed by atoms with Crippen LogP contribution >= 0.6 is 0 Å². The molecule has 4 nitrogen and oxygen atoms in total. The van der Waals surface area contributed by atoms with E-state index in [1.807, 2.05) is 0 Å². The van der Waals surface area contributed by atoms with Crippen molar-refractivity contribution in [2.75, 3.05) is 4.90 Å². The van der Waals surface area contributed by atoms with Gasteiger partial charge in [0.2, 0.25) is 0 Å². The van der Waals surface area contributed by atoms with Crippen molar-refractivity contribution in [3.05, 3.63) is 178 Å². The summed E-state index contributed by atoms with van der Waals surface area (Å²) in [5.41, 5.74) is 22.3. The van der Waals surface area contributed by atoms with Crippen LogP contribution in [-0.2, 0) is 16.2 Å². The number of para-hydroxylation sites is 2. The molecule has 0 spiro atoms. The lowest BCUT2D eigenvalue weighted by atomic mass is 9.75. The average Bonchev–Trinajstić information content (AvgIpc) is 3.77. The normalized spacial score (nSPS) is 14.8. The predicted octanol–water partition coefficient (Wildman–Crippen LogP) is 15.6. The monoisotopic (exact) mass is 808 g/mol. The van der Waals surface area contributed by atoms with Gasteiger partial charge in [0.05, 0.1) is 39.1 Å². The molecule has 0 radical (unpaired) electrons. The standard InChI is InChI=1S/C58H56N4/c1-34-29-37(57(6,7)8)30-35(2)51(34)55-59-45-32-38(58(9,10)11)31-44-52-43-28-27-40(61-46-19-14-12-17-41(46)42-18-13-15-20-47(42)61)33-50(43)60(39-25-23-36(24-26-39)56(3,4)5)48-21-16-22-49(53(48)52)62(55)54(44)45/h12-33,52H,1-11H3. The van der Waals surface area contributed by atoms with Gasteiger partial charge < -0.3 is 9.47 Å². The van der Waals surface area contributed by atoms with Gasteiger partial charge in [-0.15, -0.1) is 0 Å². The van der Waals surface area contributed by atoms with Gasteiger partial charge in [0, 0.05) is 39.2 Å². The molecule has 1 atom stereocenters. The highest BCUT2D eigenvalue weighted by molar-refractivity contribution is 6.09. The first kappa shape index (κ1) is 38.5. The number of benzene rings is 7. The molecule has 2 aliphatic heterocycles. The average molecular weight is 809 g/mol. The molecule has 1 unspecified atom stereocenters. The van der Waals surface area contributed by atoms with Crippen molar-refractivity contribution in [2.24, 2.45) is 0 Å². The lowest BCUT2D eigenvalue weighted by Crippen LogP contribution is -2.27. The molecule has 0 aliphatic carbocycles. The number of nitrogens with zero attached hydrogens (tertiary/aromatic N) is 4. The Morgan fingerprint density at radius 3 is 1.65 bits per heavy atom. The van der Waals surface area contributed by atoms with Gasteiger partial charge >= 0.3 is 0 Å². The molecule has 0 bridgehead atoms. The molecule has 0 amide bonds. The van der Waals surface area contributed by atoms with E-state index in [0.717, 1.165) is 22.7 Å². The summed E-state index contributed by atoms with van der Waals surface area (Å²) in [6.07, 6.45) is 0. The molecule has 62 heavy (non-hydrogen) atoms. The second kappa shape index (κ2) is 13.1. The van der Waals surface area contributed by atoms with Gasteiger partial charge in [0.1, 0.15) is 5.82 Å². The predicted molar refractivity (Wildman–Crippen MR) is 262 cm³/mol. The number of anilines is 3. The summed E-state index contributed by atoms with van der Waals surface area (Å²) in [5, 5.41) is 2.53. The minimum absolute atomic E-state index is 0.000749. The first-order valence-electron chi connectivity index (χ1n) is 22.3. The van der Waals surface area contributed by atoms with E-state index in [9.17, 15) is 0 Å². The highest BCUT2D eigenvalue weighted by atomic mass is 15.2. The fourth-order valence-corrected chi connectivity index (χ4v) is 10.6. The van der Waals surface area contributed by atoms with Crippen LogP contribution in [0, 0.1) is 13.8 Å². The molecule has 9 aromatic rings. The third-order valence-corrected chi connectivity index (χ3v) is 13.8. The van der Waals surface area contributed by atoms with Gasteiger partial charge in [-0.1, -0.05) is 141 Å². The van der Waals surface area contributed by atoms with Crippen molar-refractivity contribution in [1.82, 2.24) is 14.1 Å². The van der Waals surface area contributed by atoms with Crippen LogP contribution in [0.5, 0.6) is 0 Å². The third kappa shape index (κ3) is 5.61. The van der Waals surface area contributed by atoms with Crippen molar-refractivity contribution in [2.45, 2.75) is 98.3 Å². The van der Waals surface area contributed by atoms with Crippen LogP contribution in [0.3, 0.4) is 0 Å². The molecule has 0 fully saturated rings.